The van der Waals surface area contributed by atoms with Crippen LogP contribution in [-0.4, -0.2) is 44.9 Å². The Morgan fingerprint density at radius 1 is 1.17 bits per heavy atom. The zero-order valence-corrected chi connectivity index (χ0v) is 19.9. The lowest BCUT2D eigenvalue weighted by atomic mass is 10.0. The number of hydrogen-bond acceptors (Lipinski definition) is 5. The first kappa shape index (κ1) is 25.6. The molecular formula is C26H28F3N5O2. The summed E-state index contributed by atoms with van der Waals surface area (Å²) in [6.45, 7) is 3.56. The molecule has 0 bridgehead atoms. The Bertz CT molecular complexity index is 1250. The maximum atomic E-state index is 12.9. The minimum atomic E-state index is -4.35. The van der Waals surface area contributed by atoms with E-state index in [0.29, 0.717) is 55.1 Å². The fourth-order valence-corrected chi connectivity index (χ4v) is 4.43. The number of hydrogen-bond donors (Lipinski definition) is 2. The van der Waals surface area contributed by atoms with Crippen LogP contribution >= 0.6 is 0 Å². The van der Waals surface area contributed by atoms with Crippen molar-refractivity contribution in [3.8, 4) is 11.4 Å². The molecule has 3 heterocycles. The molecule has 0 radical (unpaired) electrons. The lowest BCUT2D eigenvalue weighted by molar-refractivity contribution is -0.137. The minimum absolute atomic E-state index is 0.00170. The normalized spacial score (nSPS) is 15.1. The number of nitrogens with one attached hydrogen (secondary N) is 2. The summed E-state index contributed by atoms with van der Waals surface area (Å²) in [5, 5.41) is 3.02. The van der Waals surface area contributed by atoms with Gasteiger partial charge >= 0.3 is 6.18 Å². The van der Waals surface area contributed by atoms with Crippen LogP contribution in [0.15, 0.2) is 53.6 Å². The average molecular weight is 500 g/mol. The molecule has 0 atom stereocenters. The van der Waals surface area contributed by atoms with Crippen molar-refractivity contribution in [1.29, 1.82) is 0 Å². The second kappa shape index (κ2) is 11.0. The summed E-state index contributed by atoms with van der Waals surface area (Å²) in [4.78, 5) is 38.4. The predicted octanol–water partition coefficient (Wildman–Crippen LogP) is 3.87. The van der Waals surface area contributed by atoms with E-state index in [1.165, 1.54) is 12.1 Å². The number of rotatable bonds is 7. The van der Waals surface area contributed by atoms with Crippen LogP contribution in [0.4, 0.5) is 13.2 Å². The maximum absolute atomic E-state index is 12.9. The van der Waals surface area contributed by atoms with E-state index in [1.54, 1.807) is 37.5 Å². The Morgan fingerprint density at radius 3 is 2.56 bits per heavy atom. The standard InChI is InChI=1S/C26H28F3N5O2/c1-17-22(25(36)33-24(31-17)19-7-11-30-12-8-19)5-6-23(35)32-21-9-13-34(14-10-21)16-18-3-2-4-20(15-18)26(27,28)29/h2-4,7-8,11-12,15,21H,5-6,9-10,13-14,16H2,1H3,(H,32,35)(H,31,33,36). The molecule has 1 saturated heterocycles. The molecule has 1 fully saturated rings. The summed E-state index contributed by atoms with van der Waals surface area (Å²) in [7, 11) is 0. The van der Waals surface area contributed by atoms with Gasteiger partial charge in [0.2, 0.25) is 5.91 Å². The van der Waals surface area contributed by atoms with Gasteiger partial charge in [-0.2, -0.15) is 13.2 Å². The summed E-state index contributed by atoms with van der Waals surface area (Å²) in [5.41, 5.74) is 1.55. The van der Waals surface area contributed by atoms with E-state index in [4.69, 9.17) is 0 Å². The van der Waals surface area contributed by atoms with Gasteiger partial charge in [0, 0.05) is 61.3 Å². The van der Waals surface area contributed by atoms with E-state index >= 15 is 0 Å². The van der Waals surface area contributed by atoms with Crippen molar-refractivity contribution in [3.05, 3.63) is 81.5 Å². The number of aryl methyl sites for hydroxylation is 1. The van der Waals surface area contributed by atoms with Crippen LogP contribution in [0, 0.1) is 6.92 Å². The molecule has 36 heavy (non-hydrogen) atoms. The summed E-state index contributed by atoms with van der Waals surface area (Å²) in [6.07, 6.45) is 0.778. The van der Waals surface area contributed by atoms with Crippen molar-refractivity contribution in [3.63, 3.8) is 0 Å². The van der Waals surface area contributed by atoms with Crippen LogP contribution in [-0.2, 0) is 23.9 Å². The fourth-order valence-electron chi connectivity index (χ4n) is 4.43. The Morgan fingerprint density at radius 2 is 1.89 bits per heavy atom. The lowest BCUT2D eigenvalue weighted by Crippen LogP contribution is -2.44. The maximum Gasteiger partial charge on any atom is 0.416 e. The Labute approximate surface area is 206 Å². The van der Waals surface area contributed by atoms with Crippen molar-refractivity contribution >= 4 is 5.91 Å². The number of aromatic nitrogens is 3. The molecule has 0 saturated carbocycles. The summed E-state index contributed by atoms with van der Waals surface area (Å²) in [5.74, 6) is 0.327. The molecule has 4 rings (SSSR count). The number of benzene rings is 1. The molecule has 10 heteroatoms. The van der Waals surface area contributed by atoms with Crippen LogP contribution < -0.4 is 10.9 Å². The Hall–Kier alpha value is -3.53. The molecule has 2 N–H and O–H groups in total. The highest BCUT2D eigenvalue weighted by molar-refractivity contribution is 5.76. The number of carbonyl (C=O) groups is 1. The van der Waals surface area contributed by atoms with Crippen molar-refractivity contribution in [2.24, 2.45) is 0 Å². The number of alkyl halides is 3. The topological polar surface area (TPSA) is 91.0 Å². The summed E-state index contributed by atoms with van der Waals surface area (Å²) >= 11 is 0. The third-order valence-corrected chi connectivity index (χ3v) is 6.39. The number of halogens is 3. The van der Waals surface area contributed by atoms with Crippen LogP contribution in [0.5, 0.6) is 0 Å². The number of aromatic amines is 1. The number of carbonyl (C=O) groups excluding carboxylic acids is 1. The SMILES string of the molecule is Cc1nc(-c2ccncc2)[nH]c(=O)c1CCC(=O)NC1CCN(Cc2cccc(C(F)(F)F)c2)CC1. The molecule has 7 nitrogen and oxygen atoms in total. The zero-order valence-electron chi connectivity index (χ0n) is 19.9. The first-order chi connectivity index (χ1) is 17.2. The fraction of sp³-hybridized carbons (Fsp3) is 0.385. The average Bonchev–Trinajstić information content (AvgIpc) is 2.85. The third kappa shape index (κ3) is 6.57. The highest BCUT2D eigenvalue weighted by Crippen LogP contribution is 2.30. The van der Waals surface area contributed by atoms with Gasteiger partial charge in [-0.3, -0.25) is 19.5 Å². The first-order valence-electron chi connectivity index (χ1n) is 11.9. The number of nitrogens with zero attached hydrogens (tertiary/aromatic N) is 3. The molecule has 1 aromatic carbocycles. The van der Waals surface area contributed by atoms with E-state index in [-0.39, 0.29) is 30.3 Å². The first-order valence-corrected chi connectivity index (χ1v) is 11.9. The summed E-state index contributed by atoms with van der Waals surface area (Å²) < 4.78 is 38.8. The van der Waals surface area contributed by atoms with Gasteiger partial charge in [-0.25, -0.2) is 4.98 Å². The highest BCUT2D eigenvalue weighted by Gasteiger charge is 2.30. The Kier molecular flexibility index (Phi) is 7.83. The quantitative estimate of drug-likeness (QED) is 0.515. The smallest absolute Gasteiger partial charge is 0.353 e. The predicted molar refractivity (Wildman–Crippen MR) is 129 cm³/mol. The van der Waals surface area contributed by atoms with Crippen LogP contribution in [0.3, 0.4) is 0 Å². The number of amides is 1. The number of H-pyrrole nitrogens is 1. The van der Waals surface area contributed by atoms with Crippen LogP contribution in [0.1, 0.15) is 41.6 Å². The molecule has 0 aliphatic carbocycles. The minimum Gasteiger partial charge on any atom is -0.353 e. The van der Waals surface area contributed by atoms with Gasteiger partial charge < -0.3 is 10.3 Å². The van der Waals surface area contributed by atoms with E-state index < -0.39 is 11.7 Å². The van der Waals surface area contributed by atoms with E-state index in [0.717, 1.165) is 11.6 Å². The lowest BCUT2D eigenvalue weighted by Gasteiger charge is -2.32. The second-order valence-electron chi connectivity index (χ2n) is 9.03. The van der Waals surface area contributed by atoms with E-state index in [2.05, 4.69) is 25.2 Å². The molecule has 1 aliphatic heterocycles. The van der Waals surface area contributed by atoms with Crippen molar-refractivity contribution < 1.29 is 18.0 Å². The molecular weight excluding hydrogens is 471 g/mol. The monoisotopic (exact) mass is 499 g/mol. The van der Waals surface area contributed by atoms with Gasteiger partial charge in [0.15, 0.2) is 0 Å². The van der Waals surface area contributed by atoms with E-state index in [9.17, 15) is 22.8 Å². The molecule has 0 unspecified atom stereocenters. The largest absolute Gasteiger partial charge is 0.416 e. The molecule has 2 aromatic heterocycles. The van der Waals surface area contributed by atoms with Crippen LogP contribution in [0.2, 0.25) is 0 Å². The molecule has 190 valence electrons. The van der Waals surface area contributed by atoms with Gasteiger partial charge in [0.25, 0.3) is 5.56 Å². The van der Waals surface area contributed by atoms with Crippen molar-refractivity contribution in [2.75, 3.05) is 13.1 Å². The second-order valence-corrected chi connectivity index (χ2v) is 9.03. The molecule has 3 aromatic rings. The molecule has 0 spiro atoms. The van der Waals surface area contributed by atoms with Gasteiger partial charge in [-0.1, -0.05) is 18.2 Å². The van der Waals surface area contributed by atoms with Gasteiger partial charge in [-0.05, 0) is 49.9 Å². The summed E-state index contributed by atoms with van der Waals surface area (Å²) in [6, 6.07) is 8.92. The number of likely N-dealkylation sites (tertiary alicyclic amines) is 1. The zero-order chi connectivity index (χ0) is 25.7. The van der Waals surface area contributed by atoms with Gasteiger partial charge in [0.05, 0.1) is 5.56 Å². The number of piperidine rings is 1. The Balaban J connectivity index is 1.25. The highest BCUT2D eigenvalue weighted by atomic mass is 19.4. The van der Waals surface area contributed by atoms with Crippen molar-refractivity contribution in [1.82, 2.24) is 25.2 Å². The van der Waals surface area contributed by atoms with Crippen molar-refractivity contribution in [2.45, 2.75) is 51.4 Å². The molecule has 1 aliphatic rings. The van der Waals surface area contributed by atoms with Gasteiger partial charge in [-0.15, -0.1) is 0 Å². The third-order valence-electron chi connectivity index (χ3n) is 6.39. The van der Waals surface area contributed by atoms with E-state index in [1.807, 2.05) is 0 Å². The number of pyridine rings is 1. The van der Waals surface area contributed by atoms with Gasteiger partial charge in [0.1, 0.15) is 5.82 Å². The molecule has 1 amide bonds. The van der Waals surface area contributed by atoms with Crippen LogP contribution in [0.25, 0.3) is 11.4 Å².